The number of rotatable bonds is 3. The van der Waals surface area contributed by atoms with E-state index in [1.165, 1.54) is 5.56 Å². The lowest BCUT2D eigenvalue weighted by atomic mass is 9.99. The molecular formula is C15H21N3O2. The molecule has 108 valence electrons. The molecular weight excluding hydrogens is 254 g/mol. The number of nitrogens with zero attached hydrogens (tertiary/aromatic N) is 1. The number of piperazine rings is 1. The van der Waals surface area contributed by atoms with Crippen molar-refractivity contribution in [1.82, 2.24) is 15.5 Å². The minimum Gasteiger partial charge on any atom is -0.493 e. The van der Waals surface area contributed by atoms with Gasteiger partial charge in [-0.15, -0.1) is 0 Å². The third-order valence-electron chi connectivity index (χ3n) is 4.16. The number of carbonyl (C=O) groups excluding carboxylic acids is 1. The van der Waals surface area contributed by atoms with Gasteiger partial charge in [0, 0.05) is 44.7 Å². The van der Waals surface area contributed by atoms with Crippen LogP contribution < -0.4 is 15.4 Å². The lowest BCUT2D eigenvalue weighted by molar-refractivity contribution is -0.126. The second kappa shape index (κ2) is 5.81. The Morgan fingerprint density at radius 3 is 3.20 bits per heavy atom. The van der Waals surface area contributed by atoms with Gasteiger partial charge in [0.2, 0.25) is 5.91 Å². The summed E-state index contributed by atoms with van der Waals surface area (Å²) in [4.78, 5) is 14.2. The third-order valence-corrected chi connectivity index (χ3v) is 4.16. The standard InChI is InChI=1S/C15H21N3O2/c1-16-15(19)13-8-17-6-7-18(13)9-11-10-20-14-5-3-2-4-12(11)14/h2-5,11,13,17H,6-10H2,1H3,(H,16,19). The molecule has 0 saturated carbocycles. The number of benzene rings is 1. The lowest BCUT2D eigenvalue weighted by Crippen LogP contribution is -2.58. The van der Waals surface area contributed by atoms with Crippen molar-refractivity contribution in [2.24, 2.45) is 0 Å². The van der Waals surface area contributed by atoms with Crippen molar-refractivity contribution in [2.75, 3.05) is 39.8 Å². The molecule has 5 heteroatoms. The maximum atomic E-state index is 12.0. The van der Waals surface area contributed by atoms with Crippen molar-refractivity contribution in [3.63, 3.8) is 0 Å². The fraction of sp³-hybridized carbons (Fsp3) is 0.533. The van der Waals surface area contributed by atoms with Gasteiger partial charge in [-0.2, -0.15) is 0 Å². The first-order valence-electron chi connectivity index (χ1n) is 7.17. The maximum absolute atomic E-state index is 12.0. The molecule has 0 radical (unpaired) electrons. The van der Waals surface area contributed by atoms with Crippen LogP contribution >= 0.6 is 0 Å². The molecule has 2 atom stereocenters. The Morgan fingerprint density at radius 2 is 2.35 bits per heavy atom. The topological polar surface area (TPSA) is 53.6 Å². The molecule has 1 aromatic carbocycles. The molecule has 0 aromatic heterocycles. The largest absolute Gasteiger partial charge is 0.493 e. The zero-order valence-corrected chi connectivity index (χ0v) is 11.8. The molecule has 0 spiro atoms. The molecule has 0 bridgehead atoms. The molecule has 3 rings (SSSR count). The quantitative estimate of drug-likeness (QED) is 0.826. The molecule has 2 unspecified atom stereocenters. The summed E-state index contributed by atoms with van der Waals surface area (Å²) >= 11 is 0. The van der Waals surface area contributed by atoms with Crippen LogP contribution in [0.15, 0.2) is 24.3 Å². The van der Waals surface area contributed by atoms with E-state index in [1.54, 1.807) is 7.05 Å². The second-order valence-corrected chi connectivity index (χ2v) is 5.37. The molecule has 1 amide bonds. The number of ether oxygens (including phenoxy) is 1. The van der Waals surface area contributed by atoms with E-state index in [1.807, 2.05) is 12.1 Å². The van der Waals surface area contributed by atoms with Gasteiger partial charge in [-0.05, 0) is 6.07 Å². The summed E-state index contributed by atoms with van der Waals surface area (Å²) in [5.74, 6) is 1.44. The predicted octanol–water partition coefficient (Wildman–Crippen LogP) is 0.182. The van der Waals surface area contributed by atoms with E-state index in [0.717, 1.165) is 31.9 Å². The summed E-state index contributed by atoms with van der Waals surface area (Å²) in [5.41, 5.74) is 1.27. The number of hydrogen-bond donors (Lipinski definition) is 2. The van der Waals surface area contributed by atoms with Gasteiger partial charge >= 0.3 is 0 Å². The highest BCUT2D eigenvalue weighted by molar-refractivity contribution is 5.81. The number of carbonyl (C=O) groups is 1. The lowest BCUT2D eigenvalue weighted by Gasteiger charge is -2.36. The van der Waals surface area contributed by atoms with Crippen LogP contribution in [0, 0.1) is 0 Å². The number of likely N-dealkylation sites (N-methyl/N-ethyl adjacent to an activating group) is 1. The summed E-state index contributed by atoms with van der Waals surface area (Å²) in [6.45, 7) is 4.13. The second-order valence-electron chi connectivity index (χ2n) is 5.37. The average Bonchev–Trinajstić information content (AvgIpc) is 2.90. The SMILES string of the molecule is CNC(=O)C1CNCCN1CC1COc2ccccc21. The van der Waals surface area contributed by atoms with Crippen molar-refractivity contribution >= 4 is 5.91 Å². The van der Waals surface area contributed by atoms with Crippen LogP contribution in [0.3, 0.4) is 0 Å². The Labute approximate surface area is 119 Å². The van der Waals surface area contributed by atoms with Gasteiger partial charge in [0.05, 0.1) is 6.61 Å². The van der Waals surface area contributed by atoms with Gasteiger partial charge in [-0.3, -0.25) is 9.69 Å². The monoisotopic (exact) mass is 275 g/mol. The molecule has 0 aliphatic carbocycles. The van der Waals surface area contributed by atoms with E-state index >= 15 is 0 Å². The zero-order valence-electron chi connectivity index (χ0n) is 11.8. The Morgan fingerprint density at radius 1 is 1.50 bits per heavy atom. The fourth-order valence-electron chi connectivity index (χ4n) is 3.05. The van der Waals surface area contributed by atoms with Crippen LogP contribution in [0.1, 0.15) is 11.5 Å². The van der Waals surface area contributed by atoms with Crippen molar-refractivity contribution in [2.45, 2.75) is 12.0 Å². The van der Waals surface area contributed by atoms with E-state index in [2.05, 4.69) is 27.7 Å². The highest BCUT2D eigenvalue weighted by atomic mass is 16.5. The summed E-state index contributed by atoms with van der Waals surface area (Å²) in [7, 11) is 1.70. The fourth-order valence-corrected chi connectivity index (χ4v) is 3.05. The molecule has 1 aromatic rings. The highest BCUT2D eigenvalue weighted by Crippen LogP contribution is 2.34. The van der Waals surface area contributed by atoms with Crippen LogP contribution in [0.5, 0.6) is 5.75 Å². The minimum atomic E-state index is -0.0819. The van der Waals surface area contributed by atoms with Crippen LogP contribution in [0.4, 0.5) is 0 Å². The van der Waals surface area contributed by atoms with Gasteiger partial charge in [0.1, 0.15) is 11.8 Å². The van der Waals surface area contributed by atoms with Crippen LogP contribution in [-0.4, -0.2) is 56.7 Å². The van der Waals surface area contributed by atoms with Gasteiger partial charge in [-0.1, -0.05) is 18.2 Å². The van der Waals surface area contributed by atoms with Gasteiger partial charge in [-0.25, -0.2) is 0 Å². The first kappa shape index (κ1) is 13.4. The Balaban J connectivity index is 1.72. The van der Waals surface area contributed by atoms with Crippen LogP contribution in [0.25, 0.3) is 0 Å². The van der Waals surface area contributed by atoms with E-state index < -0.39 is 0 Å². The molecule has 20 heavy (non-hydrogen) atoms. The number of nitrogens with one attached hydrogen (secondary N) is 2. The first-order valence-corrected chi connectivity index (χ1v) is 7.17. The van der Waals surface area contributed by atoms with Gasteiger partial charge in [0.25, 0.3) is 0 Å². The average molecular weight is 275 g/mol. The van der Waals surface area contributed by atoms with Crippen molar-refractivity contribution < 1.29 is 9.53 Å². The zero-order chi connectivity index (χ0) is 13.9. The predicted molar refractivity (Wildman–Crippen MR) is 77.0 cm³/mol. The Hall–Kier alpha value is -1.59. The summed E-state index contributed by atoms with van der Waals surface area (Å²) in [6, 6.07) is 8.11. The third kappa shape index (κ3) is 2.51. The van der Waals surface area contributed by atoms with E-state index in [4.69, 9.17) is 4.74 Å². The number of fused-ring (bicyclic) bond motifs is 1. The summed E-state index contributed by atoms with van der Waals surface area (Å²) < 4.78 is 5.73. The van der Waals surface area contributed by atoms with Crippen LogP contribution in [0.2, 0.25) is 0 Å². The van der Waals surface area contributed by atoms with E-state index in [9.17, 15) is 4.79 Å². The smallest absolute Gasteiger partial charge is 0.238 e. The summed E-state index contributed by atoms with van der Waals surface area (Å²) in [6.07, 6.45) is 0. The van der Waals surface area contributed by atoms with Crippen LogP contribution in [-0.2, 0) is 4.79 Å². The molecule has 2 heterocycles. The van der Waals surface area contributed by atoms with E-state index in [0.29, 0.717) is 12.5 Å². The maximum Gasteiger partial charge on any atom is 0.238 e. The molecule has 5 nitrogen and oxygen atoms in total. The van der Waals surface area contributed by atoms with E-state index in [-0.39, 0.29) is 11.9 Å². The number of amides is 1. The molecule has 1 fully saturated rings. The van der Waals surface area contributed by atoms with Crippen molar-refractivity contribution in [3.05, 3.63) is 29.8 Å². The summed E-state index contributed by atoms with van der Waals surface area (Å²) in [5, 5.41) is 6.05. The molecule has 2 aliphatic heterocycles. The van der Waals surface area contributed by atoms with Crippen molar-refractivity contribution in [3.8, 4) is 5.75 Å². The number of para-hydroxylation sites is 1. The normalized spacial score (nSPS) is 25.9. The molecule has 2 aliphatic rings. The number of hydrogen-bond acceptors (Lipinski definition) is 4. The highest BCUT2D eigenvalue weighted by Gasteiger charge is 2.32. The minimum absolute atomic E-state index is 0.0819. The van der Waals surface area contributed by atoms with Crippen molar-refractivity contribution in [1.29, 1.82) is 0 Å². The van der Waals surface area contributed by atoms with Gasteiger partial charge in [0.15, 0.2) is 0 Å². The Kier molecular flexibility index (Phi) is 3.89. The first-order chi connectivity index (χ1) is 9.79. The Bertz CT molecular complexity index is 492. The molecule has 2 N–H and O–H groups in total. The van der Waals surface area contributed by atoms with Gasteiger partial charge < -0.3 is 15.4 Å². The molecule has 1 saturated heterocycles.